The van der Waals surface area contributed by atoms with E-state index in [0.717, 1.165) is 0 Å². The molecule has 2 amide bonds. The first-order chi connectivity index (χ1) is 15.3. The fourth-order valence-electron chi connectivity index (χ4n) is 2.60. The molecule has 0 bridgehead atoms. The zero-order chi connectivity index (χ0) is 23.5. The van der Waals surface area contributed by atoms with Crippen molar-refractivity contribution in [3.05, 3.63) is 64.7 Å². The number of hydrazone groups is 1. The number of hydrogen-bond acceptors (Lipinski definition) is 6. The van der Waals surface area contributed by atoms with Gasteiger partial charge in [0.2, 0.25) is 0 Å². The van der Waals surface area contributed by atoms with Gasteiger partial charge in [0, 0.05) is 10.6 Å². The summed E-state index contributed by atoms with van der Waals surface area (Å²) < 4.78 is 10.1. The minimum absolute atomic E-state index is 0.155. The van der Waals surface area contributed by atoms with E-state index >= 15 is 0 Å². The molecule has 0 aliphatic heterocycles. The first-order valence-corrected chi connectivity index (χ1v) is 10.5. The normalized spacial score (nSPS) is 11.8. The Kier molecular flexibility index (Phi) is 9.69. The van der Waals surface area contributed by atoms with E-state index in [1.54, 1.807) is 55.5 Å². The summed E-state index contributed by atoms with van der Waals surface area (Å²) in [6, 6.07) is 12.4. The van der Waals surface area contributed by atoms with Crippen LogP contribution in [-0.2, 0) is 14.3 Å². The van der Waals surface area contributed by atoms with Crippen LogP contribution in [0.1, 0.15) is 36.7 Å². The van der Waals surface area contributed by atoms with Crippen LogP contribution in [0.3, 0.4) is 0 Å². The van der Waals surface area contributed by atoms with E-state index in [2.05, 4.69) is 15.8 Å². The van der Waals surface area contributed by atoms with Gasteiger partial charge in [-0.15, -0.1) is 0 Å². The molecule has 0 fully saturated rings. The number of benzene rings is 2. The molecule has 32 heavy (non-hydrogen) atoms. The molecule has 1 atom stereocenters. The number of esters is 1. The summed E-state index contributed by atoms with van der Waals surface area (Å²) in [5, 5.41) is 7.20. The zero-order valence-electron chi connectivity index (χ0n) is 18.1. The van der Waals surface area contributed by atoms with E-state index in [9.17, 15) is 14.4 Å². The lowest BCUT2D eigenvalue weighted by molar-refractivity contribution is -0.145. The molecule has 0 saturated heterocycles. The Labute approximate surface area is 191 Å². The largest absolute Gasteiger partial charge is 0.482 e. The van der Waals surface area contributed by atoms with Crippen molar-refractivity contribution in [2.75, 3.05) is 13.2 Å². The van der Waals surface area contributed by atoms with Crippen LogP contribution in [0.2, 0.25) is 5.02 Å². The van der Waals surface area contributed by atoms with Crippen molar-refractivity contribution in [1.82, 2.24) is 10.7 Å². The molecular formula is C23H26ClN3O5. The van der Waals surface area contributed by atoms with Crippen LogP contribution in [0, 0.1) is 5.92 Å². The predicted octanol–water partition coefficient (Wildman–Crippen LogP) is 3.19. The van der Waals surface area contributed by atoms with Crippen LogP contribution in [0.4, 0.5) is 0 Å². The molecule has 8 nitrogen and oxygen atoms in total. The van der Waals surface area contributed by atoms with Crippen LogP contribution in [0.25, 0.3) is 0 Å². The molecule has 1 unspecified atom stereocenters. The molecule has 2 N–H and O–H groups in total. The second kappa shape index (κ2) is 12.5. The molecule has 2 rings (SSSR count). The lowest BCUT2D eigenvalue weighted by Gasteiger charge is -2.20. The third-order valence-electron chi connectivity index (χ3n) is 4.27. The summed E-state index contributed by atoms with van der Waals surface area (Å²) in [6.07, 6.45) is 1.46. The standard InChI is InChI=1S/C23H26ClN3O5/c1-4-31-20(28)14-32-19-11-5-16(6-12-19)13-25-27-23(30)21(15(2)3)26-22(29)17-7-9-18(24)10-8-17/h5-13,15,21H,4,14H2,1-3H3,(H,26,29)(H,27,30)/b25-13+. The predicted molar refractivity (Wildman–Crippen MR) is 122 cm³/mol. The lowest BCUT2D eigenvalue weighted by atomic mass is 10.0. The number of carbonyl (C=O) groups is 3. The van der Waals surface area contributed by atoms with Gasteiger partial charge in [-0.05, 0) is 66.9 Å². The topological polar surface area (TPSA) is 106 Å². The average Bonchev–Trinajstić information content (AvgIpc) is 2.77. The van der Waals surface area contributed by atoms with Gasteiger partial charge in [-0.3, -0.25) is 9.59 Å². The minimum atomic E-state index is -0.769. The SMILES string of the molecule is CCOC(=O)COc1ccc(/C=N/NC(=O)C(NC(=O)c2ccc(Cl)cc2)C(C)C)cc1. The summed E-state index contributed by atoms with van der Waals surface area (Å²) in [7, 11) is 0. The molecule has 0 aromatic heterocycles. The second-order valence-corrected chi connectivity index (χ2v) is 7.54. The first-order valence-electron chi connectivity index (χ1n) is 10.1. The van der Waals surface area contributed by atoms with Crippen LogP contribution in [0.5, 0.6) is 5.75 Å². The number of halogens is 1. The minimum Gasteiger partial charge on any atom is -0.482 e. The van der Waals surface area contributed by atoms with Gasteiger partial charge in [-0.2, -0.15) is 5.10 Å². The Balaban J connectivity index is 1.90. The number of rotatable bonds is 10. The van der Waals surface area contributed by atoms with Gasteiger partial charge >= 0.3 is 5.97 Å². The van der Waals surface area contributed by atoms with Gasteiger partial charge in [0.15, 0.2) is 6.61 Å². The Hall–Kier alpha value is -3.39. The molecule has 0 radical (unpaired) electrons. The molecule has 2 aromatic rings. The molecule has 170 valence electrons. The van der Waals surface area contributed by atoms with E-state index in [1.165, 1.54) is 6.21 Å². The Morgan fingerprint density at radius 3 is 2.31 bits per heavy atom. The third-order valence-corrected chi connectivity index (χ3v) is 4.52. The van der Waals surface area contributed by atoms with E-state index in [-0.39, 0.29) is 18.4 Å². The highest BCUT2D eigenvalue weighted by atomic mass is 35.5. The van der Waals surface area contributed by atoms with Gasteiger partial charge in [-0.25, -0.2) is 10.2 Å². The fourth-order valence-corrected chi connectivity index (χ4v) is 2.72. The Bertz CT molecular complexity index is 943. The van der Waals surface area contributed by atoms with Crippen molar-refractivity contribution >= 4 is 35.6 Å². The van der Waals surface area contributed by atoms with Crippen LogP contribution in [0.15, 0.2) is 53.6 Å². The zero-order valence-corrected chi connectivity index (χ0v) is 18.9. The summed E-state index contributed by atoms with van der Waals surface area (Å²) >= 11 is 5.84. The van der Waals surface area contributed by atoms with Crippen molar-refractivity contribution in [2.45, 2.75) is 26.8 Å². The van der Waals surface area contributed by atoms with E-state index in [0.29, 0.717) is 28.5 Å². The highest BCUT2D eigenvalue weighted by molar-refractivity contribution is 6.30. The number of hydrogen-bond donors (Lipinski definition) is 2. The van der Waals surface area contributed by atoms with Crippen LogP contribution < -0.4 is 15.5 Å². The highest BCUT2D eigenvalue weighted by Gasteiger charge is 2.24. The molecule has 9 heteroatoms. The summed E-state index contributed by atoms with van der Waals surface area (Å²) in [4.78, 5) is 36.3. The van der Waals surface area contributed by atoms with Crippen molar-refractivity contribution in [2.24, 2.45) is 11.0 Å². The molecule has 0 aliphatic carbocycles. The van der Waals surface area contributed by atoms with E-state index in [1.807, 2.05) is 13.8 Å². The van der Waals surface area contributed by atoms with Gasteiger partial charge in [0.25, 0.3) is 11.8 Å². The van der Waals surface area contributed by atoms with Crippen molar-refractivity contribution in [1.29, 1.82) is 0 Å². The molecule has 0 aliphatic rings. The van der Waals surface area contributed by atoms with Crippen LogP contribution >= 0.6 is 11.6 Å². The third kappa shape index (κ3) is 8.03. The average molecular weight is 460 g/mol. The molecule has 2 aromatic carbocycles. The molecule has 0 heterocycles. The number of amides is 2. The van der Waals surface area contributed by atoms with Crippen LogP contribution in [-0.4, -0.2) is 43.3 Å². The fraction of sp³-hybridized carbons (Fsp3) is 0.304. The first kappa shape index (κ1) is 24.9. The smallest absolute Gasteiger partial charge is 0.344 e. The maximum Gasteiger partial charge on any atom is 0.344 e. The quantitative estimate of drug-likeness (QED) is 0.322. The second-order valence-electron chi connectivity index (χ2n) is 7.10. The van der Waals surface area contributed by atoms with E-state index < -0.39 is 17.9 Å². The maximum absolute atomic E-state index is 12.5. The van der Waals surface area contributed by atoms with Gasteiger partial charge in [-0.1, -0.05) is 25.4 Å². The number of nitrogens with zero attached hydrogens (tertiary/aromatic N) is 1. The van der Waals surface area contributed by atoms with Crippen molar-refractivity contribution in [3.63, 3.8) is 0 Å². The molecular weight excluding hydrogens is 434 g/mol. The van der Waals surface area contributed by atoms with Crippen molar-refractivity contribution in [3.8, 4) is 5.75 Å². The maximum atomic E-state index is 12.5. The summed E-state index contributed by atoms with van der Waals surface area (Å²) in [5.74, 6) is -0.907. The van der Waals surface area contributed by atoms with Gasteiger partial charge < -0.3 is 14.8 Å². The molecule has 0 saturated carbocycles. The number of nitrogens with one attached hydrogen (secondary N) is 2. The molecule has 0 spiro atoms. The van der Waals surface area contributed by atoms with Gasteiger partial charge in [0.05, 0.1) is 12.8 Å². The number of carbonyl (C=O) groups excluding carboxylic acids is 3. The number of ether oxygens (including phenoxy) is 2. The van der Waals surface area contributed by atoms with E-state index in [4.69, 9.17) is 21.1 Å². The van der Waals surface area contributed by atoms with Gasteiger partial charge in [0.1, 0.15) is 11.8 Å². The Morgan fingerprint density at radius 2 is 1.72 bits per heavy atom. The lowest BCUT2D eigenvalue weighted by Crippen LogP contribution is -2.48. The summed E-state index contributed by atoms with van der Waals surface area (Å²) in [6.45, 7) is 5.50. The Morgan fingerprint density at radius 1 is 1.06 bits per heavy atom. The monoisotopic (exact) mass is 459 g/mol. The van der Waals surface area contributed by atoms with Crippen molar-refractivity contribution < 1.29 is 23.9 Å². The summed E-state index contributed by atoms with van der Waals surface area (Å²) in [5.41, 5.74) is 3.56. The highest BCUT2D eigenvalue weighted by Crippen LogP contribution is 2.12.